The Morgan fingerprint density at radius 3 is 2.49 bits per heavy atom. The van der Waals surface area contributed by atoms with Gasteiger partial charge < -0.3 is 10.1 Å². The van der Waals surface area contributed by atoms with Gasteiger partial charge in [-0.1, -0.05) is 6.92 Å². The van der Waals surface area contributed by atoms with E-state index in [1.165, 1.54) is 6.07 Å². The molecular formula is C27H31FN4O3. The zero-order valence-electron chi connectivity index (χ0n) is 20.0. The number of nitrogens with zero attached hydrogens (tertiary/aromatic N) is 1. The van der Waals surface area contributed by atoms with Crippen LogP contribution in [0.4, 0.5) is 9.18 Å². The summed E-state index contributed by atoms with van der Waals surface area (Å²) in [5.74, 6) is 0.674. The normalized spacial score (nSPS) is 18.5. The van der Waals surface area contributed by atoms with E-state index in [2.05, 4.69) is 21.2 Å². The van der Waals surface area contributed by atoms with Gasteiger partial charge in [-0.05, 0) is 98.0 Å². The van der Waals surface area contributed by atoms with E-state index in [1.54, 1.807) is 49.7 Å². The largest absolute Gasteiger partial charge is 0.497 e. The molecule has 0 spiro atoms. The number of fused-ring (bicyclic) bond motifs is 1. The number of carbonyl (C=O) groups is 2. The highest BCUT2D eigenvalue weighted by Gasteiger charge is 2.29. The number of hydrazine groups is 1. The molecule has 0 radical (unpaired) electrons. The van der Waals surface area contributed by atoms with E-state index in [-0.39, 0.29) is 11.9 Å². The predicted molar refractivity (Wildman–Crippen MR) is 133 cm³/mol. The average Bonchev–Trinajstić information content (AvgIpc) is 2.90. The Bertz CT molecular complexity index is 1180. The van der Waals surface area contributed by atoms with E-state index in [0.717, 1.165) is 48.6 Å². The highest BCUT2D eigenvalue weighted by molar-refractivity contribution is 5.95. The lowest BCUT2D eigenvalue weighted by Crippen LogP contribution is -2.51. The minimum absolute atomic E-state index is 0.000433. The van der Waals surface area contributed by atoms with Gasteiger partial charge in [0.25, 0.3) is 5.91 Å². The van der Waals surface area contributed by atoms with Crippen molar-refractivity contribution in [3.63, 3.8) is 0 Å². The van der Waals surface area contributed by atoms with Crippen molar-refractivity contribution in [2.45, 2.75) is 51.0 Å². The third-order valence-corrected chi connectivity index (χ3v) is 6.92. The molecule has 1 aromatic heterocycles. The van der Waals surface area contributed by atoms with E-state index in [4.69, 9.17) is 4.74 Å². The third-order valence-electron chi connectivity index (χ3n) is 6.92. The molecule has 1 aliphatic rings. The van der Waals surface area contributed by atoms with Crippen LogP contribution in [0.1, 0.15) is 60.9 Å². The summed E-state index contributed by atoms with van der Waals surface area (Å²) >= 11 is 0. The van der Waals surface area contributed by atoms with E-state index in [9.17, 15) is 14.0 Å². The van der Waals surface area contributed by atoms with Gasteiger partial charge in [0.2, 0.25) is 0 Å². The predicted octanol–water partition coefficient (Wildman–Crippen LogP) is 5.08. The van der Waals surface area contributed by atoms with Gasteiger partial charge in [-0.3, -0.25) is 15.2 Å². The number of nitrogens with one attached hydrogen (secondary N) is 3. The molecule has 8 heteroatoms. The first-order valence-corrected chi connectivity index (χ1v) is 12.0. The number of hydrogen-bond acceptors (Lipinski definition) is 4. The van der Waals surface area contributed by atoms with Crippen LogP contribution in [0.3, 0.4) is 0 Å². The summed E-state index contributed by atoms with van der Waals surface area (Å²) in [6, 6.07) is 12.9. The first-order valence-electron chi connectivity index (χ1n) is 12.0. The molecule has 1 aliphatic carbocycles. The zero-order valence-corrected chi connectivity index (χ0v) is 20.0. The molecule has 4 rings (SSSR count). The maximum absolute atomic E-state index is 13.9. The summed E-state index contributed by atoms with van der Waals surface area (Å²) in [4.78, 5) is 29.1. The van der Waals surface area contributed by atoms with Gasteiger partial charge in [-0.15, -0.1) is 0 Å². The Kier molecular flexibility index (Phi) is 7.80. The van der Waals surface area contributed by atoms with Crippen LogP contribution in [0.5, 0.6) is 5.75 Å². The topological polar surface area (TPSA) is 92.4 Å². The van der Waals surface area contributed by atoms with E-state index >= 15 is 0 Å². The molecule has 7 nitrogen and oxygen atoms in total. The van der Waals surface area contributed by atoms with Crippen molar-refractivity contribution >= 4 is 22.8 Å². The molecule has 0 saturated heterocycles. The summed E-state index contributed by atoms with van der Waals surface area (Å²) in [5.41, 5.74) is 7.27. The van der Waals surface area contributed by atoms with E-state index in [0.29, 0.717) is 23.1 Å². The van der Waals surface area contributed by atoms with Crippen molar-refractivity contribution in [3.05, 3.63) is 71.7 Å². The molecule has 1 atom stereocenters. The Balaban J connectivity index is 1.30. The van der Waals surface area contributed by atoms with Gasteiger partial charge >= 0.3 is 6.03 Å². The number of rotatable bonds is 6. The minimum atomic E-state index is -0.434. The number of aromatic nitrogens is 1. The lowest BCUT2D eigenvalue weighted by atomic mass is 9.75. The highest BCUT2D eigenvalue weighted by Crippen LogP contribution is 2.39. The van der Waals surface area contributed by atoms with Crippen LogP contribution in [-0.4, -0.2) is 30.1 Å². The molecule has 184 valence electrons. The van der Waals surface area contributed by atoms with Gasteiger partial charge in [0.1, 0.15) is 11.6 Å². The Labute approximate surface area is 204 Å². The molecule has 1 fully saturated rings. The average molecular weight is 479 g/mol. The zero-order chi connectivity index (χ0) is 24.8. The number of amides is 3. The van der Waals surface area contributed by atoms with Gasteiger partial charge in [0, 0.05) is 23.2 Å². The number of ether oxygens (including phenoxy) is 1. The van der Waals surface area contributed by atoms with Gasteiger partial charge in [0.05, 0.1) is 12.6 Å². The van der Waals surface area contributed by atoms with Gasteiger partial charge in [-0.2, -0.15) is 0 Å². The molecule has 2 aromatic carbocycles. The van der Waals surface area contributed by atoms with Crippen molar-refractivity contribution in [3.8, 4) is 5.75 Å². The number of halogens is 1. The lowest BCUT2D eigenvalue weighted by Gasteiger charge is -2.34. The molecular weight excluding hydrogens is 447 g/mol. The summed E-state index contributed by atoms with van der Waals surface area (Å²) in [6.45, 7) is 2.05. The molecule has 0 bridgehead atoms. The molecule has 1 unspecified atom stereocenters. The highest BCUT2D eigenvalue weighted by atomic mass is 19.1. The SMILES string of the molecule is CCC(NC(=O)NNC(=O)c1ccc(OC)cc1)[C@H]1CC[C@@H](c2ccnc3ccc(F)cc32)CC1. The first kappa shape index (κ1) is 24.4. The summed E-state index contributed by atoms with van der Waals surface area (Å²) in [7, 11) is 1.56. The maximum atomic E-state index is 13.9. The Morgan fingerprint density at radius 2 is 1.80 bits per heavy atom. The number of carbonyl (C=O) groups excluding carboxylic acids is 2. The molecule has 3 N–H and O–H groups in total. The number of methoxy groups -OCH3 is 1. The van der Waals surface area contributed by atoms with Crippen LogP contribution >= 0.6 is 0 Å². The monoisotopic (exact) mass is 478 g/mol. The molecule has 3 amide bonds. The van der Waals surface area contributed by atoms with E-state index in [1.807, 2.05) is 13.0 Å². The van der Waals surface area contributed by atoms with Crippen molar-refractivity contribution in [2.75, 3.05) is 7.11 Å². The summed E-state index contributed by atoms with van der Waals surface area (Å²) in [6.07, 6.45) is 6.44. The van der Waals surface area contributed by atoms with Crippen molar-refractivity contribution in [1.29, 1.82) is 0 Å². The minimum Gasteiger partial charge on any atom is -0.497 e. The van der Waals surface area contributed by atoms with Crippen LogP contribution in [0.25, 0.3) is 10.9 Å². The lowest BCUT2D eigenvalue weighted by molar-refractivity contribution is 0.0935. The van der Waals surface area contributed by atoms with Gasteiger partial charge in [-0.25, -0.2) is 14.6 Å². The molecule has 0 aliphatic heterocycles. The number of pyridine rings is 1. The summed E-state index contributed by atoms with van der Waals surface area (Å²) < 4.78 is 18.9. The maximum Gasteiger partial charge on any atom is 0.333 e. The molecule has 3 aromatic rings. The second kappa shape index (κ2) is 11.2. The van der Waals surface area contributed by atoms with Crippen LogP contribution in [-0.2, 0) is 0 Å². The standard InChI is InChI=1S/C27H31FN4O3/c1-3-24(30-27(34)32-31-26(33)19-8-11-21(35-2)12-9-19)18-6-4-17(5-7-18)22-14-15-29-25-13-10-20(28)16-23(22)25/h8-18,24H,3-7H2,1-2H3,(H,31,33)(H2,30,32,34)/t17-,18+,24?. The Morgan fingerprint density at radius 1 is 1.06 bits per heavy atom. The van der Waals surface area contributed by atoms with Crippen molar-refractivity contribution in [2.24, 2.45) is 5.92 Å². The number of benzene rings is 2. The van der Waals surface area contributed by atoms with Crippen LogP contribution in [0.15, 0.2) is 54.7 Å². The third kappa shape index (κ3) is 5.88. The number of hydrogen-bond donors (Lipinski definition) is 3. The second-order valence-corrected chi connectivity index (χ2v) is 8.97. The quantitative estimate of drug-likeness (QED) is 0.431. The van der Waals surface area contributed by atoms with Gasteiger partial charge in [0.15, 0.2) is 0 Å². The van der Waals surface area contributed by atoms with Crippen LogP contribution in [0, 0.1) is 11.7 Å². The fourth-order valence-electron chi connectivity index (χ4n) is 5.01. The van der Waals surface area contributed by atoms with Crippen LogP contribution in [0.2, 0.25) is 0 Å². The second-order valence-electron chi connectivity index (χ2n) is 8.97. The van der Waals surface area contributed by atoms with Crippen molar-refractivity contribution in [1.82, 2.24) is 21.2 Å². The Hall–Kier alpha value is -3.68. The fourth-order valence-corrected chi connectivity index (χ4v) is 5.01. The molecule has 1 heterocycles. The van der Waals surface area contributed by atoms with Crippen molar-refractivity contribution < 1.29 is 18.7 Å². The van der Waals surface area contributed by atoms with Crippen LogP contribution < -0.4 is 20.9 Å². The summed E-state index contributed by atoms with van der Waals surface area (Å²) in [5, 5.41) is 3.89. The van der Waals surface area contributed by atoms with E-state index < -0.39 is 11.9 Å². The fraction of sp³-hybridized carbons (Fsp3) is 0.370. The number of urea groups is 1. The molecule has 1 saturated carbocycles. The molecule has 35 heavy (non-hydrogen) atoms. The smallest absolute Gasteiger partial charge is 0.333 e. The first-order chi connectivity index (χ1) is 17.0.